The van der Waals surface area contributed by atoms with Crippen LogP contribution in [-0.2, 0) is 0 Å². The number of nitrogens with zero attached hydrogens (tertiary/aromatic N) is 2. The average molecular weight is 206 g/mol. The zero-order valence-corrected chi connectivity index (χ0v) is 8.68. The third kappa shape index (κ3) is 2.80. The van der Waals surface area contributed by atoms with Crippen LogP contribution in [0.4, 0.5) is 5.69 Å². The molecule has 4 nitrogen and oxygen atoms in total. The maximum absolute atomic E-state index is 10.7. The van der Waals surface area contributed by atoms with Crippen LogP contribution < -0.4 is 4.90 Å². The number of carbonyl (C=O) groups is 1. The Balaban J connectivity index is 2.97. The van der Waals surface area contributed by atoms with E-state index in [0.29, 0.717) is 6.54 Å². The number of pyridine rings is 1. The van der Waals surface area contributed by atoms with Crippen molar-refractivity contribution in [2.75, 3.05) is 18.0 Å². The lowest BCUT2D eigenvalue weighted by Gasteiger charge is -2.21. The number of carboxylic acids is 1. The molecule has 1 heterocycles. The molecule has 15 heavy (non-hydrogen) atoms. The summed E-state index contributed by atoms with van der Waals surface area (Å²) in [4.78, 5) is 16.5. The molecular formula is C11H14N2O2. The molecule has 80 valence electrons. The van der Waals surface area contributed by atoms with Gasteiger partial charge in [-0.3, -0.25) is 0 Å². The van der Waals surface area contributed by atoms with Gasteiger partial charge >= 0.3 is 5.97 Å². The average Bonchev–Trinajstić information content (AvgIpc) is 2.26. The quantitative estimate of drug-likeness (QED) is 0.746. The molecule has 0 fully saturated rings. The van der Waals surface area contributed by atoms with Crippen LogP contribution in [0.15, 0.2) is 31.0 Å². The molecule has 0 spiro atoms. The van der Waals surface area contributed by atoms with Crippen molar-refractivity contribution in [1.82, 2.24) is 4.98 Å². The molecule has 4 heteroatoms. The van der Waals surface area contributed by atoms with Crippen LogP contribution in [0.3, 0.4) is 0 Å². The lowest BCUT2D eigenvalue weighted by atomic mass is 10.3. The number of aromatic carboxylic acids is 1. The number of anilines is 1. The minimum Gasteiger partial charge on any atom is -0.477 e. The van der Waals surface area contributed by atoms with E-state index in [1.165, 1.54) is 6.20 Å². The lowest BCUT2D eigenvalue weighted by Crippen LogP contribution is -2.22. The molecule has 0 saturated carbocycles. The highest BCUT2D eigenvalue weighted by molar-refractivity contribution is 5.86. The summed E-state index contributed by atoms with van der Waals surface area (Å²) in [5, 5.41) is 8.79. The van der Waals surface area contributed by atoms with Gasteiger partial charge in [0.25, 0.3) is 0 Å². The molecule has 0 aliphatic heterocycles. The second-order valence-electron chi connectivity index (χ2n) is 3.03. The van der Waals surface area contributed by atoms with Gasteiger partial charge in [-0.25, -0.2) is 9.78 Å². The topological polar surface area (TPSA) is 53.4 Å². The van der Waals surface area contributed by atoms with Crippen molar-refractivity contribution in [2.45, 2.75) is 6.92 Å². The zero-order chi connectivity index (χ0) is 11.3. The van der Waals surface area contributed by atoms with E-state index in [0.717, 1.165) is 12.2 Å². The molecule has 0 atom stereocenters. The molecule has 0 aliphatic carbocycles. The number of likely N-dealkylation sites (N-methyl/N-ethyl adjacent to an activating group) is 1. The molecule has 0 radical (unpaired) electrons. The van der Waals surface area contributed by atoms with Crippen LogP contribution in [-0.4, -0.2) is 29.1 Å². The van der Waals surface area contributed by atoms with Gasteiger partial charge in [0.2, 0.25) is 0 Å². The van der Waals surface area contributed by atoms with Gasteiger partial charge in [-0.1, -0.05) is 6.08 Å². The van der Waals surface area contributed by atoms with Crippen molar-refractivity contribution >= 4 is 11.7 Å². The van der Waals surface area contributed by atoms with E-state index >= 15 is 0 Å². The molecule has 0 saturated heterocycles. The normalized spacial score (nSPS) is 9.67. The molecule has 0 bridgehead atoms. The fourth-order valence-electron chi connectivity index (χ4n) is 1.31. The Labute approximate surface area is 88.9 Å². The van der Waals surface area contributed by atoms with Gasteiger partial charge in [-0.2, -0.15) is 0 Å². The summed E-state index contributed by atoms with van der Waals surface area (Å²) in [7, 11) is 0. The van der Waals surface area contributed by atoms with Crippen molar-refractivity contribution < 1.29 is 9.90 Å². The molecule has 0 amide bonds. The van der Waals surface area contributed by atoms with Gasteiger partial charge in [0, 0.05) is 25.0 Å². The second-order valence-corrected chi connectivity index (χ2v) is 3.03. The van der Waals surface area contributed by atoms with Crippen LogP contribution in [0, 0.1) is 0 Å². The van der Waals surface area contributed by atoms with E-state index in [1.807, 2.05) is 11.8 Å². The van der Waals surface area contributed by atoms with E-state index in [1.54, 1.807) is 18.2 Å². The summed E-state index contributed by atoms with van der Waals surface area (Å²) in [6.07, 6.45) is 3.29. The number of aromatic nitrogens is 1. The highest BCUT2D eigenvalue weighted by Gasteiger charge is 2.08. The van der Waals surface area contributed by atoms with E-state index < -0.39 is 5.97 Å². The first kappa shape index (κ1) is 11.2. The number of carboxylic acid groups (broad SMARTS) is 1. The first-order chi connectivity index (χ1) is 7.19. The van der Waals surface area contributed by atoms with E-state index in [9.17, 15) is 4.79 Å². The predicted molar refractivity (Wildman–Crippen MR) is 59.3 cm³/mol. The second kappa shape index (κ2) is 5.14. The minimum atomic E-state index is -1.01. The first-order valence-electron chi connectivity index (χ1n) is 4.74. The van der Waals surface area contributed by atoms with Crippen LogP contribution in [0.5, 0.6) is 0 Å². The number of hydrogen-bond donors (Lipinski definition) is 1. The maximum Gasteiger partial charge on any atom is 0.354 e. The Morgan fingerprint density at radius 1 is 1.73 bits per heavy atom. The van der Waals surface area contributed by atoms with Gasteiger partial charge in [-0.05, 0) is 19.1 Å². The highest BCUT2D eigenvalue weighted by Crippen LogP contribution is 2.14. The van der Waals surface area contributed by atoms with Crippen molar-refractivity contribution in [1.29, 1.82) is 0 Å². The summed E-state index contributed by atoms with van der Waals surface area (Å²) >= 11 is 0. The summed E-state index contributed by atoms with van der Waals surface area (Å²) in [6, 6.07) is 3.36. The maximum atomic E-state index is 10.7. The Bertz CT molecular complexity index is 363. The Morgan fingerprint density at radius 3 is 3.00 bits per heavy atom. The molecule has 0 unspecified atom stereocenters. The summed E-state index contributed by atoms with van der Waals surface area (Å²) < 4.78 is 0. The van der Waals surface area contributed by atoms with Crippen molar-refractivity contribution in [3.05, 3.63) is 36.7 Å². The molecule has 1 N–H and O–H groups in total. The molecule has 1 aromatic heterocycles. The third-order valence-corrected chi connectivity index (χ3v) is 2.06. The molecular weight excluding hydrogens is 192 g/mol. The van der Waals surface area contributed by atoms with Gasteiger partial charge in [0.15, 0.2) is 0 Å². The minimum absolute atomic E-state index is 0.0648. The molecule has 1 aromatic rings. The smallest absolute Gasteiger partial charge is 0.354 e. The fraction of sp³-hybridized carbons (Fsp3) is 0.273. The van der Waals surface area contributed by atoms with Crippen molar-refractivity contribution in [3.8, 4) is 0 Å². The zero-order valence-electron chi connectivity index (χ0n) is 8.68. The van der Waals surface area contributed by atoms with Crippen molar-refractivity contribution in [3.63, 3.8) is 0 Å². The van der Waals surface area contributed by atoms with E-state index in [4.69, 9.17) is 5.11 Å². The van der Waals surface area contributed by atoms with E-state index in [-0.39, 0.29) is 5.69 Å². The SMILES string of the molecule is C=CCN(CC)c1ccnc(C(=O)O)c1. The monoisotopic (exact) mass is 206 g/mol. The summed E-state index contributed by atoms with van der Waals surface area (Å²) in [6.45, 7) is 7.16. The van der Waals surface area contributed by atoms with Gasteiger partial charge in [0.05, 0.1) is 0 Å². The van der Waals surface area contributed by atoms with Gasteiger partial charge in [-0.15, -0.1) is 6.58 Å². The first-order valence-corrected chi connectivity index (χ1v) is 4.74. The van der Waals surface area contributed by atoms with Crippen LogP contribution in [0.2, 0.25) is 0 Å². The number of hydrogen-bond acceptors (Lipinski definition) is 3. The summed E-state index contributed by atoms with van der Waals surface area (Å²) in [5.74, 6) is -1.01. The van der Waals surface area contributed by atoms with Crippen LogP contribution >= 0.6 is 0 Å². The molecule has 0 aromatic carbocycles. The van der Waals surface area contributed by atoms with Crippen LogP contribution in [0.25, 0.3) is 0 Å². The lowest BCUT2D eigenvalue weighted by molar-refractivity contribution is 0.0690. The van der Waals surface area contributed by atoms with E-state index in [2.05, 4.69) is 11.6 Å². The summed E-state index contributed by atoms with van der Waals surface area (Å²) in [5.41, 5.74) is 0.916. The highest BCUT2D eigenvalue weighted by atomic mass is 16.4. The Kier molecular flexibility index (Phi) is 3.85. The van der Waals surface area contributed by atoms with Gasteiger partial charge < -0.3 is 10.0 Å². The molecule has 0 aliphatic rings. The third-order valence-electron chi connectivity index (χ3n) is 2.06. The number of rotatable bonds is 5. The predicted octanol–water partition coefficient (Wildman–Crippen LogP) is 1.79. The Morgan fingerprint density at radius 2 is 2.47 bits per heavy atom. The standard InChI is InChI=1S/C11H14N2O2/c1-3-7-13(4-2)9-5-6-12-10(8-9)11(14)15/h3,5-6,8H,1,4,7H2,2H3,(H,14,15). The molecule has 1 rings (SSSR count). The largest absolute Gasteiger partial charge is 0.477 e. The van der Waals surface area contributed by atoms with Crippen molar-refractivity contribution in [2.24, 2.45) is 0 Å². The van der Waals surface area contributed by atoms with Gasteiger partial charge in [0.1, 0.15) is 5.69 Å². The Hall–Kier alpha value is -1.84. The fourth-order valence-corrected chi connectivity index (χ4v) is 1.31. The van der Waals surface area contributed by atoms with Crippen LogP contribution in [0.1, 0.15) is 17.4 Å².